The molecule has 1 aromatic heterocycles. The average Bonchev–Trinajstić information content (AvgIpc) is 3.20. The molecule has 28 heavy (non-hydrogen) atoms. The van der Waals surface area contributed by atoms with Crippen LogP contribution >= 0.6 is 0 Å². The summed E-state index contributed by atoms with van der Waals surface area (Å²) in [6.45, 7) is -0.376. The van der Waals surface area contributed by atoms with E-state index in [2.05, 4.69) is 10.4 Å². The Kier molecular flexibility index (Phi) is 6.16. The number of benzene rings is 2. The van der Waals surface area contributed by atoms with Gasteiger partial charge in [-0.25, -0.2) is 4.68 Å². The Bertz CT molecular complexity index is 1010. The molecular formula is C21H18N4O3. The summed E-state index contributed by atoms with van der Waals surface area (Å²) in [6, 6.07) is 18.2. The van der Waals surface area contributed by atoms with Crippen LogP contribution in [0, 0.1) is 11.3 Å². The lowest BCUT2D eigenvalue weighted by Gasteiger charge is -2.06. The fraction of sp³-hybridized carbons (Fsp3) is 0.143. The highest BCUT2D eigenvalue weighted by molar-refractivity contribution is 5.92. The van der Waals surface area contributed by atoms with Crippen LogP contribution in [0.4, 0.5) is 5.69 Å². The first kappa shape index (κ1) is 18.9. The van der Waals surface area contributed by atoms with Gasteiger partial charge in [0.15, 0.2) is 6.61 Å². The van der Waals surface area contributed by atoms with Crippen LogP contribution in [-0.2, 0) is 20.7 Å². The number of nitrogens with zero attached hydrogens (tertiary/aromatic N) is 3. The van der Waals surface area contributed by atoms with Gasteiger partial charge in [-0.1, -0.05) is 24.3 Å². The quantitative estimate of drug-likeness (QED) is 0.642. The first-order valence-electron chi connectivity index (χ1n) is 8.68. The first-order chi connectivity index (χ1) is 13.6. The molecule has 7 heteroatoms. The average molecular weight is 374 g/mol. The van der Waals surface area contributed by atoms with Gasteiger partial charge in [-0.3, -0.25) is 9.59 Å². The summed E-state index contributed by atoms with van der Waals surface area (Å²) in [6.07, 6.45) is 4.18. The smallest absolute Gasteiger partial charge is 0.306 e. The lowest BCUT2D eigenvalue weighted by Crippen LogP contribution is -2.21. The summed E-state index contributed by atoms with van der Waals surface area (Å²) < 4.78 is 6.74. The van der Waals surface area contributed by atoms with E-state index in [4.69, 9.17) is 10.00 Å². The van der Waals surface area contributed by atoms with Gasteiger partial charge in [0.2, 0.25) is 0 Å². The van der Waals surface area contributed by atoms with E-state index in [1.165, 1.54) is 0 Å². The Morgan fingerprint density at radius 3 is 2.75 bits per heavy atom. The summed E-state index contributed by atoms with van der Waals surface area (Å²) in [5.74, 6) is -0.922. The van der Waals surface area contributed by atoms with Gasteiger partial charge in [-0.2, -0.15) is 10.4 Å². The number of nitriles is 1. The lowest BCUT2D eigenvalue weighted by molar-refractivity contribution is -0.147. The van der Waals surface area contributed by atoms with Crippen LogP contribution < -0.4 is 5.32 Å². The van der Waals surface area contributed by atoms with Gasteiger partial charge in [0.1, 0.15) is 0 Å². The molecule has 0 unspecified atom stereocenters. The number of rotatable bonds is 7. The van der Waals surface area contributed by atoms with Crippen molar-refractivity contribution in [2.24, 2.45) is 0 Å². The number of aryl methyl sites for hydroxylation is 1. The zero-order valence-electron chi connectivity index (χ0n) is 15.0. The van der Waals surface area contributed by atoms with Crippen molar-refractivity contribution in [1.82, 2.24) is 9.78 Å². The summed E-state index contributed by atoms with van der Waals surface area (Å²) >= 11 is 0. The number of carbonyl (C=O) groups excluding carboxylic acids is 2. The van der Waals surface area contributed by atoms with E-state index in [1.54, 1.807) is 35.1 Å². The molecule has 1 amide bonds. The summed E-state index contributed by atoms with van der Waals surface area (Å²) in [5, 5.41) is 15.7. The van der Waals surface area contributed by atoms with E-state index in [0.717, 1.165) is 11.3 Å². The molecule has 0 aliphatic heterocycles. The standard InChI is InChI=1S/C21H18N4O3/c22-12-16-5-4-6-18(11-16)24-20(26)15-28-21(27)10-9-17-13-23-25(14-17)19-7-2-1-3-8-19/h1-8,11,13-14H,9-10,15H2,(H,24,26). The molecule has 0 bridgehead atoms. The molecule has 1 heterocycles. The molecule has 140 valence electrons. The van der Waals surface area contributed by atoms with Crippen molar-refractivity contribution >= 4 is 17.6 Å². The normalized spacial score (nSPS) is 10.1. The second-order valence-corrected chi connectivity index (χ2v) is 6.03. The van der Waals surface area contributed by atoms with Crippen molar-refractivity contribution in [3.63, 3.8) is 0 Å². The number of esters is 1. The maximum atomic E-state index is 11.9. The third-order valence-electron chi connectivity index (χ3n) is 3.91. The van der Waals surface area contributed by atoms with Crippen LogP contribution in [0.5, 0.6) is 0 Å². The lowest BCUT2D eigenvalue weighted by atomic mass is 10.2. The molecular weight excluding hydrogens is 356 g/mol. The highest BCUT2D eigenvalue weighted by Crippen LogP contribution is 2.11. The minimum Gasteiger partial charge on any atom is -0.456 e. The van der Waals surface area contributed by atoms with E-state index >= 15 is 0 Å². The highest BCUT2D eigenvalue weighted by Gasteiger charge is 2.10. The van der Waals surface area contributed by atoms with Gasteiger partial charge in [0.05, 0.1) is 23.5 Å². The Morgan fingerprint density at radius 2 is 1.96 bits per heavy atom. The van der Waals surface area contributed by atoms with E-state index in [-0.39, 0.29) is 13.0 Å². The zero-order valence-corrected chi connectivity index (χ0v) is 15.0. The third-order valence-corrected chi connectivity index (χ3v) is 3.91. The molecule has 0 spiro atoms. The number of anilines is 1. The molecule has 0 saturated heterocycles. The van der Waals surface area contributed by atoms with E-state index in [0.29, 0.717) is 17.7 Å². The Hall–Kier alpha value is -3.92. The van der Waals surface area contributed by atoms with Gasteiger partial charge in [-0.05, 0) is 42.3 Å². The van der Waals surface area contributed by atoms with E-state index < -0.39 is 11.9 Å². The fourth-order valence-electron chi connectivity index (χ4n) is 2.54. The third kappa shape index (κ3) is 5.29. The SMILES string of the molecule is N#Cc1cccc(NC(=O)COC(=O)CCc2cnn(-c3ccccc3)c2)c1. The number of hydrogen-bond acceptors (Lipinski definition) is 5. The van der Waals surface area contributed by atoms with Crippen molar-refractivity contribution in [1.29, 1.82) is 5.26 Å². The number of amides is 1. The zero-order chi connectivity index (χ0) is 19.8. The number of carbonyl (C=O) groups is 2. The molecule has 0 saturated carbocycles. The maximum absolute atomic E-state index is 11.9. The number of ether oxygens (including phenoxy) is 1. The Labute approximate surface area is 162 Å². The van der Waals surface area contributed by atoms with Crippen molar-refractivity contribution in [2.75, 3.05) is 11.9 Å². The number of para-hydroxylation sites is 1. The summed E-state index contributed by atoms with van der Waals surface area (Å²) in [5.41, 5.74) is 2.76. The highest BCUT2D eigenvalue weighted by atomic mass is 16.5. The van der Waals surface area contributed by atoms with Crippen molar-refractivity contribution in [3.8, 4) is 11.8 Å². The Morgan fingerprint density at radius 1 is 1.14 bits per heavy atom. The number of aromatic nitrogens is 2. The summed E-state index contributed by atoms with van der Waals surface area (Å²) in [7, 11) is 0. The largest absolute Gasteiger partial charge is 0.456 e. The van der Waals surface area contributed by atoms with Crippen molar-refractivity contribution in [3.05, 3.63) is 78.1 Å². The minimum atomic E-state index is -0.464. The molecule has 0 fully saturated rings. The van der Waals surface area contributed by atoms with E-state index in [9.17, 15) is 9.59 Å². The van der Waals surface area contributed by atoms with Crippen LogP contribution in [0.3, 0.4) is 0 Å². The second-order valence-electron chi connectivity index (χ2n) is 6.03. The molecule has 1 N–H and O–H groups in total. The van der Waals surface area contributed by atoms with Crippen LogP contribution in [0.2, 0.25) is 0 Å². The van der Waals surface area contributed by atoms with Gasteiger partial charge < -0.3 is 10.1 Å². The van der Waals surface area contributed by atoms with Crippen LogP contribution in [-0.4, -0.2) is 28.3 Å². The monoisotopic (exact) mass is 374 g/mol. The summed E-state index contributed by atoms with van der Waals surface area (Å²) in [4.78, 5) is 23.7. The predicted molar refractivity (Wildman–Crippen MR) is 103 cm³/mol. The fourth-order valence-corrected chi connectivity index (χ4v) is 2.54. The van der Waals surface area contributed by atoms with E-state index in [1.807, 2.05) is 42.6 Å². The van der Waals surface area contributed by atoms with Gasteiger partial charge in [0, 0.05) is 18.3 Å². The van der Waals surface area contributed by atoms with Crippen LogP contribution in [0.25, 0.3) is 5.69 Å². The number of hydrogen-bond donors (Lipinski definition) is 1. The van der Waals surface area contributed by atoms with Gasteiger partial charge >= 0.3 is 5.97 Å². The Balaban J connectivity index is 1.43. The second kappa shape index (κ2) is 9.14. The van der Waals surface area contributed by atoms with Crippen LogP contribution in [0.15, 0.2) is 67.0 Å². The van der Waals surface area contributed by atoms with Crippen molar-refractivity contribution in [2.45, 2.75) is 12.8 Å². The molecule has 7 nitrogen and oxygen atoms in total. The maximum Gasteiger partial charge on any atom is 0.306 e. The molecule has 0 atom stereocenters. The number of nitrogens with one attached hydrogen (secondary N) is 1. The molecule has 3 aromatic rings. The molecule has 0 radical (unpaired) electrons. The molecule has 0 aliphatic carbocycles. The predicted octanol–water partition coefficient (Wildman–Crippen LogP) is 2.86. The first-order valence-corrected chi connectivity index (χ1v) is 8.68. The van der Waals surface area contributed by atoms with Crippen LogP contribution in [0.1, 0.15) is 17.5 Å². The minimum absolute atomic E-state index is 0.150. The van der Waals surface area contributed by atoms with Gasteiger partial charge in [0.25, 0.3) is 5.91 Å². The van der Waals surface area contributed by atoms with Gasteiger partial charge in [-0.15, -0.1) is 0 Å². The molecule has 2 aromatic carbocycles. The molecule has 0 aliphatic rings. The van der Waals surface area contributed by atoms with Crippen molar-refractivity contribution < 1.29 is 14.3 Å². The molecule has 3 rings (SSSR count). The topological polar surface area (TPSA) is 97.0 Å².